The SMILES string of the molecule is [2H]C([2H])([2H])c1cc(C)cc(C([2H])([2H])[2H])c1-c1ccc[n+](C)c1-c1c(C)ccc2c1oc1ncccc12. The minimum absolute atomic E-state index is 0.0113. The van der Waals surface area contributed by atoms with Gasteiger partial charge in [0.1, 0.15) is 7.05 Å². The van der Waals surface area contributed by atoms with Crippen molar-refractivity contribution in [2.45, 2.75) is 27.6 Å². The third-order valence-corrected chi connectivity index (χ3v) is 5.60. The summed E-state index contributed by atoms with van der Waals surface area (Å²) in [6, 6.07) is 14.5. The smallest absolute Gasteiger partial charge is 0.227 e. The van der Waals surface area contributed by atoms with Gasteiger partial charge in [0.25, 0.3) is 0 Å². The number of benzene rings is 2. The lowest BCUT2D eigenvalue weighted by Gasteiger charge is -2.15. The molecule has 0 aliphatic heterocycles. The van der Waals surface area contributed by atoms with Gasteiger partial charge in [-0.3, -0.25) is 0 Å². The van der Waals surface area contributed by atoms with Crippen molar-refractivity contribution in [3.05, 3.63) is 83.2 Å². The number of aromatic nitrogens is 2. The van der Waals surface area contributed by atoms with E-state index in [2.05, 4.69) is 4.98 Å². The molecule has 0 amide bonds. The van der Waals surface area contributed by atoms with Gasteiger partial charge in [-0.05, 0) is 68.0 Å². The van der Waals surface area contributed by atoms with Crippen molar-refractivity contribution in [3.8, 4) is 22.4 Å². The summed E-state index contributed by atoms with van der Waals surface area (Å²) in [7, 11) is 1.86. The van der Waals surface area contributed by atoms with Crippen molar-refractivity contribution < 1.29 is 17.2 Å². The first kappa shape index (κ1) is 13.0. The highest BCUT2D eigenvalue weighted by Crippen LogP contribution is 2.41. The molecule has 0 aliphatic rings. The van der Waals surface area contributed by atoms with Crippen LogP contribution in [-0.4, -0.2) is 4.98 Å². The number of nitrogens with zero attached hydrogens (tertiary/aromatic N) is 2. The highest BCUT2D eigenvalue weighted by atomic mass is 16.3. The second-order valence-corrected chi connectivity index (χ2v) is 7.71. The average Bonchev–Trinajstić information content (AvgIpc) is 3.16. The van der Waals surface area contributed by atoms with Gasteiger partial charge in [0.15, 0.2) is 11.8 Å². The van der Waals surface area contributed by atoms with Crippen LogP contribution in [0, 0.1) is 27.6 Å². The summed E-state index contributed by atoms with van der Waals surface area (Å²) in [6.45, 7) is -1.36. The topological polar surface area (TPSA) is 29.9 Å². The van der Waals surface area contributed by atoms with Gasteiger partial charge in [-0.15, -0.1) is 0 Å². The zero-order chi connectivity index (χ0) is 26.0. The monoisotopic (exact) mass is 399 g/mol. The van der Waals surface area contributed by atoms with Crippen LogP contribution in [0.1, 0.15) is 30.5 Å². The Kier molecular flexibility index (Phi) is 2.94. The van der Waals surface area contributed by atoms with Crippen molar-refractivity contribution in [2.24, 2.45) is 7.05 Å². The van der Waals surface area contributed by atoms with E-state index in [4.69, 9.17) is 12.6 Å². The fourth-order valence-corrected chi connectivity index (χ4v) is 4.27. The quantitative estimate of drug-likeness (QED) is 0.323. The normalized spacial score (nSPS) is 15.3. The lowest BCUT2D eigenvalue weighted by Crippen LogP contribution is -2.31. The number of hydrogen-bond acceptors (Lipinski definition) is 2. The molecule has 2 aromatic carbocycles. The number of fused-ring (bicyclic) bond motifs is 3. The Labute approximate surface area is 185 Å². The van der Waals surface area contributed by atoms with Crippen LogP contribution in [0.15, 0.2) is 65.3 Å². The first-order valence-electron chi connectivity index (χ1n) is 12.8. The van der Waals surface area contributed by atoms with Gasteiger partial charge in [-0.2, -0.15) is 0 Å². The second-order valence-electron chi connectivity index (χ2n) is 7.71. The number of pyridine rings is 2. The van der Waals surface area contributed by atoms with E-state index in [1.807, 2.05) is 49.0 Å². The molecule has 0 unspecified atom stereocenters. The number of furan rings is 1. The summed E-state index contributed by atoms with van der Waals surface area (Å²) in [5.74, 6) is 0. The summed E-state index contributed by atoms with van der Waals surface area (Å²) >= 11 is 0. The molecule has 5 rings (SSSR count). The molecule has 3 nitrogen and oxygen atoms in total. The van der Waals surface area contributed by atoms with Crippen molar-refractivity contribution in [2.75, 3.05) is 0 Å². The number of aryl methyl sites for hydroxylation is 5. The number of rotatable bonds is 2. The van der Waals surface area contributed by atoms with Crippen molar-refractivity contribution in [1.82, 2.24) is 4.98 Å². The Balaban J connectivity index is 1.96. The summed E-state index contributed by atoms with van der Waals surface area (Å²) in [5.41, 5.74) is 4.78. The molecule has 3 heterocycles. The summed E-state index contributed by atoms with van der Waals surface area (Å²) < 4.78 is 57.6. The first-order chi connectivity index (χ1) is 16.9. The van der Waals surface area contributed by atoms with Gasteiger partial charge in [-0.25, -0.2) is 9.55 Å². The molecule has 148 valence electrons. The van der Waals surface area contributed by atoms with Crippen molar-refractivity contribution in [1.29, 1.82) is 0 Å². The molecule has 0 atom stereocenters. The van der Waals surface area contributed by atoms with E-state index < -0.39 is 13.7 Å². The van der Waals surface area contributed by atoms with Crippen LogP contribution in [0.5, 0.6) is 0 Å². The van der Waals surface area contributed by atoms with Gasteiger partial charge < -0.3 is 4.42 Å². The molecule has 0 radical (unpaired) electrons. The Hall–Kier alpha value is -3.46. The summed E-state index contributed by atoms with van der Waals surface area (Å²) in [5, 5.41) is 1.75. The molecule has 0 bridgehead atoms. The van der Waals surface area contributed by atoms with E-state index in [9.17, 15) is 0 Å². The summed E-state index contributed by atoms with van der Waals surface area (Å²) in [4.78, 5) is 4.37. The van der Waals surface area contributed by atoms with Crippen LogP contribution in [0.25, 0.3) is 44.5 Å². The Bertz CT molecular complexity index is 1610. The third-order valence-electron chi connectivity index (χ3n) is 5.60. The minimum Gasteiger partial charge on any atom is -0.437 e. The maximum absolute atomic E-state index is 8.25. The molecular formula is C27H25N2O+. The van der Waals surface area contributed by atoms with E-state index in [0.29, 0.717) is 28.1 Å². The average molecular weight is 400 g/mol. The molecule has 0 fully saturated rings. The molecule has 5 aromatic rings. The molecule has 0 N–H and O–H groups in total. The lowest BCUT2D eigenvalue weighted by atomic mass is 9.89. The van der Waals surface area contributed by atoms with Gasteiger partial charge in [0.2, 0.25) is 11.4 Å². The minimum atomic E-state index is -2.52. The van der Waals surface area contributed by atoms with Crippen molar-refractivity contribution >= 4 is 22.1 Å². The van der Waals surface area contributed by atoms with Gasteiger partial charge in [0.05, 0.1) is 11.1 Å². The van der Waals surface area contributed by atoms with Gasteiger partial charge >= 0.3 is 0 Å². The van der Waals surface area contributed by atoms with Crippen molar-refractivity contribution in [3.63, 3.8) is 0 Å². The molecule has 0 saturated heterocycles. The zero-order valence-corrected chi connectivity index (χ0v) is 17.1. The maximum Gasteiger partial charge on any atom is 0.227 e. The predicted molar refractivity (Wildman–Crippen MR) is 123 cm³/mol. The molecule has 3 heteroatoms. The van der Waals surface area contributed by atoms with E-state index in [0.717, 1.165) is 21.9 Å². The predicted octanol–water partition coefficient (Wildman–Crippen LogP) is 6.37. The van der Waals surface area contributed by atoms with E-state index in [1.54, 1.807) is 37.4 Å². The van der Waals surface area contributed by atoms with E-state index in [-0.39, 0.29) is 16.7 Å². The third kappa shape index (κ3) is 2.73. The highest BCUT2D eigenvalue weighted by molar-refractivity contribution is 6.09. The van der Waals surface area contributed by atoms with E-state index >= 15 is 0 Å². The number of hydrogen-bond donors (Lipinski definition) is 0. The molecule has 0 spiro atoms. The molecule has 0 saturated carbocycles. The van der Waals surface area contributed by atoms with Gasteiger partial charge in [0, 0.05) is 31.3 Å². The van der Waals surface area contributed by atoms with Crippen LogP contribution in [-0.2, 0) is 7.05 Å². The lowest BCUT2D eigenvalue weighted by molar-refractivity contribution is -0.659. The Morgan fingerprint density at radius 3 is 2.47 bits per heavy atom. The maximum atomic E-state index is 8.25. The Morgan fingerprint density at radius 2 is 1.70 bits per heavy atom. The first-order valence-corrected chi connectivity index (χ1v) is 9.80. The highest BCUT2D eigenvalue weighted by Gasteiger charge is 2.26. The zero-order valence-electron chi connectivity index (χ0n) is 23.1. The fraction of sp³-hybridized carbons (Fsp3) is 0.185. The second kappa shape index (κ2) is 6.81. The van der Waals surface area contributed by atoms with Crippen LogP contribution in [0.2, 0.25) is 0 Å². The van der Waals surface area contributed by atoms with Crippen LogP contribution in [0.3, 0.4) is 0 Å². The largest absolute Gasteiger partial charge is 0.437 e. The van der Waals surface area contributed by atoms with Crippen LogP contribution < -0.4 is 4.57 Å². The Morgan fingerprint density at radius 1 is 0.900 bits per heavy atom. The standard InChI is InChI=1S/C27H25N2O/c1-16-14-18(3)23(19(4)15-16)22-9-7-13-29(5)25(22)24-17(2)10-11-20-21-8-6-12-28-27(21)30-26(20)24/h6-15H,1-5H3/q+1/i3D3,4D3. The summed E-state index contributed by atoms with van der Waals surface area (Å²) in [6.07, 6.45) is 3.53. The van der Waals surface area contributed by atoms with E-state index in [1.165, 1.54) is 0 Å². The fourth-order valence-electron chi connectivity index (χ4n) is 4.27. The van der Waals surface area contributed by atoms with Crippen LogP contribution >= 0.6 is 0 Å². The molecule has 30 heavy (non-hydrogen) atoms. The van der Waals surface area contributed by atoms with Gasteiger partial charge in [-0.1, -0.05) is 29.8 Å². The molecular weight excluding hydrogens is 368 g/mol. The molecule has 0 aliphatic carbocycles. The molecule has 3 aromatic heterocycles. The van der Waals surface area contributed by atoms with Crippen LogP contribution in [0.4, 0.5) is 0 Å².